The summed E-state index contributed by atoms with van der Waals surface area (Å²) < 4.78 is 29.4. The van der Waals surface area contributed by atoms with E-state index in [1.54, 1.807) is 6.07 Å². The van der Waals surface area contributed by atoms with Crippen LogP contribution in [0.1, 0.15) is 41.7 Å². The molecular formula is C32H42N4O4S. The maximum atomic E-state index is 14.3. The zero-order chi connectivity index (χ0) is 30.3. The van der Waals surface area contributed by atoms with E-state index in [4.69, 9.17) is 0 Å². The summed E-state index contributed by atoms with van der Waals surface area (Å²) >= 11 is 0. The van der Waals surface area contributed by atoms with Gasteiger partial charge < -0.3 is 10.2 Å². The molecule has 0 radical (unpaired) electrons. The Bertz CT molecular complexity index is 1440. The molecule has 0 aromatic heterocycles. The van der Waals surface area contributed by atoms with Crippen molar-refractivity contribution in [2.75, 3.05) is 24.9 Å². The maximum absolute atomic E-state index is 14.3. The Hall–Kier alpha value is -3.69. The highest BCUT2D eigenvalue weighted by Crippen LogP contribution is 2.26. The average molecular weight is 579 g/mol. The summed E-state index contributed by atoms with van der Waals surface area (Å²) in [6.45, 7) is 9.10. The number of hydrogen-bond donors (Lipinski definition) is 1. The molecule has 8 nitrogen and oxygen atoms in total. The molecule has 2 amide bonds. The quantitative estimate of drug-likeness (QED) is 0.345. The smallest absolute Gasteiger partial charge is 0.304 e. The molecule has 0 fully saturated rings. The molecule has 1 N–H and O–H groups in total. The minimum Gasteiger partial charge on any atom is -0.352 e. The second-order valence-corrected chi connectivity index (χ2v) is 13.0. The summed E-state index contributed by atoms with van der Waals surface area (Å²) in [5, 5.41) is 2.97. The number of rotatable bonds is 12. The van der Waals surface area contributed by atoms with E-state index in [-0.39, 0.29) is 24.9 Å². The topological polar surface area (TPSA) is 90.0 Å². The highest BCUT2D eigenvalue weighted by atomic mass is 32.2. The predicted molar refractivity (Wildman–Crippen MR) is 165 cm³/mol. The second-order valence-electron chi connectivity index (χ2n) is 11.0. The Morgan fingerprint density at radius 2 is 1.44 bits per heavy atom. The summed E-state index contributed by atoms with van der Waals surface area (Å²) in [5.41, 5.74) is 4.82. The summed E-state index contributed by atoms with van der Waals surface area (Å²) in [6, 6.07) is 21.8. The summed E-state index contributed by atoms with van der Waals surface area (Å²) in [5.74, 6) is -0.769. The Kier molecular flexibility index (Phi) is 10.7. The maximum Gasteiger partial charge on any atom is 0.304 e. The number of amides is 2. The molecule has 3 aromatic rings. The van der Waals surface area contributed by atoms with Gasteiger partial charge in [0, 0.05) is 33.1 Å². The van der Waals surface area contributed by atoms with E-state index in [0.717, 1.165) is 36.4 Å². The molecular weight excluding hydrogens is 536 g/mol. The third-order valence-corrected chi connectivity index (χ3v) is 8.63. The van der Waals surface area contributed by atoms with Crippen LogP contribution in [0.3, 0.4) is 0 Å². The first-order valence-electron chi connectivity index (χ1n) is 13.8. The first-order valence-corrected chi connectivity index (χ1v) is 15.2. The normalized spacial score (nSPS) is 12.3. The minimum absolute atomic E-state index is 0.141. The number of carbonyl (C=O) groups excluding carboxylic acids is 2. The molecule has 3 aromatic carbocycles. The highest BCUT2D eigenvalue weighted by molar-refractivity contribution is 7.90. The summed E-state index contributed by atoms with van der Waals surface area (Å²) in [4.78, 5) is 29.5. The molecule has 0 spiro atoms. The van der Waals surface area contributed by atoms with Gasteiger partial charge in [-0.1, -0.05) is 72.3 Å². The van der Waals surface area contributed by atoms with Crippen molar-refractivity contribution in [3.05, 3.63) is 101 Å². The number of aryl methyl sites for hydroxylation is 3. The molecule has 9 heteroatoms. The van der Waals surface area contributed by atoms with Crippen molar-refractivity contribution in [2.45, 2.75) is 59.7 Å². The van der Waals surface area contributed by atoms with Crippen molar-refractivity contribution in [1.82, 2.24) is 14.5 Å². The molecule has 0 heterocycles. The van der Waals surface area contributed by atoms with Crippen LogP contribution >= 0.6 is 0 Å². The molecule has 0 saturated heterocycles. The fraction of sp³-hybridized carbons (Fsp3) is 0.375. The number of anilines is 1. The summed E-state index contributed by atoms with van der Waals surface area (Å²) in [7, 11) is -1.16. The number of nitrogens with one attached hydrogen (secondary N) is 1. The van der Waals surface area contributed by atoms with Crippen LogP contribution in [0.5, 0.6) is 0 Å². The van der Waals surface area contributed by atoms with Crippen molar-refractivity contribution in [3.8, 4) is 0 Å². The van der Waals surface area contributed by atoms with E-state index in [1.807, 2.05) is 101 Å². The van der Waals surface area contributed by atoms with E-state index in [1.165, 1.54) is 19.0 Å². The zero-order valence-corrected chi connectivity index (χ0v) is 25.9. The fourth-order valence-electron chi connectivity index (χ4n) is 4.51. The number of nitrogens with zero attached hydrogens (tertiary/aromatic N) is 3. The lowest BCUT2D eigenvalue weighted by atomic mass is 10.0. The van der Waals surface area contributed by atoms with E-state index in [2.05, 4.69) is 5.32 Å². The van der Waals surface area contributed by atoms with Gasteiger partial charge in [0.05, 0.1) is 5.69 Å². The average Bonchev–Trinajstić information content (AvgIpc) is 2.91. The molecule has 0 unspecified atom stereocenters. The van der Waals surface area contributed by atoms with Gasteiger partial charge in [-0.2, -0.15) is 12.7 Å². The second kappa shape index (κ2) is 13.8. The van der Waals surface area contributed by atoms with E-state index < -0.39 is 28.7 Å². The van der Waals surface area contributed by atoms with Gasteiger partial charge in [-0.25, -0.2) is 4.31 Å². The third-order valence-electron chi connectivity index (χ3n) is 6.83. The van der Waals surface area contributed by atoms with Crippen molar-refractivity contribution in [2.24, 2.45) is 0 Å². The Balaban J connectivity index is 2.12. The van der Waals surface area contributed by atoms with Gasteiger partial charge in [0.15, 0.2) is 0 Å². The number of carbonyl (C=O) groups is 2. The van der Waals surface area contributed by atoms with Crippen LogP contribution in [0, 0.1) is 20.8 Å². The van der Waals surface area contributed by atoms with Gasteiger partial charge in [0.25, 0.3) is 0 Å². The van der Waals surface area contributed by atoms with Crippen LogP contribution < -0.4 is 9.62 Å². The lowest BCUT2D eigenvalue weighted by Gasteiger charge is -2.35. The lowest BCUT2D eigenvalue weighted by molar-refractivity contribution is -0.140. The first kappa shape index (κ1) is 31.8. The van der Waals surface area contributed by atoms with Crippen molar-refractivity contribution >= 4 is 27.7 Å². The lowest BCUT2D eigenvalue weighted by Crippen LogP contribution is -2.55. The molecule has 1 atom stereocenters. The monoisotopic (exact) mass is 578 g/mol. The number of hydrogen-bond acceptors (Lipinski definition) is 4. The van der Waals surface area contributed by atoms with Gasteiger partial charge in [-0.05, 0) is 62.9 Å². The van der Waals surface area contributed by atoms with Crippen LogP contribution in [0.4, 0.5) is 5.69 Å². The van der Waals surface area contributed by atoms with Gasteiger partial charge in [-0.15, -0.1) is 0 Å². The molecule has 0 saturated carbocycles. The third kappa shape index (κ3) is 8.41. The molecule has 3 rings (SSSR count). The van der Waals surface area contributed by atoms with Gasteiger partial charge in [0.1, 0.15) is 12.6 Å². The molecule has 41 heavy (non-hydrogen) atoms. The highest BCUT2D eigenvalue weighted by Gasteiger charge is 2.35. The van der Waals surface area contributed by atoms with Crippen LogP contribution in [0.15, 0.2) is 72.8 Å². The Labute approximate surface area is 245 Å². The van der Waals surface area contributed by atoms with Gasteiger partial charge in [-0.3, -0.25) is 9.59 Å². The van der Waals surface area contributed by atoms with Gasteiger partial charge >= 0.3 is 10.2 Å². The largest absolute Gasteiger partial charge is 0.352 e. The van der Waals surface area contributed by atoms with Crippen molar-refractivity contribution in [3.63, 3.8) is 0 Å². The van der Waals surface area contributed by atoms with Crippen LogP contribution in [-0.4, -0.2) is 62.2 Å². The molecule has 0 aliphatic heterocycles. The van der Waals surface area contributed by atoms with Gasteiger partial charge in [0.2, 0.25) is 11.8 Å². The van der Waals surface area contributed by atoms with Crippen LogP contribution in [0.25, 0.3) is 0 Å². The molecule has 0 aliphatic carbocycles. The fourth-order valence-corrected chi connectivity index (χ4v) is 5.63. The van der Waals surface area contributed by atoms with E-state index >= 15 is 0 Å². The standard InChI is InChI=1S/C32H42N4O4S/c1-23(2)33-32(38)30(20-27-11-9-8-10-12-27)35(21-28-17-14-24(3)15-18-28)31(37)22-36(41(39,40)34(6)7)29-19-25(4)13-16-26(29)5/h8-19,23,30H,20-22H2,1-7H3,(H,33,38)/t30-/m0/s1. The van der Waals surface area contributed by atoms with E-state index in [0.29, 0.717) is 5.69 Å². The van der Waals surface area contributed by atoms with Crippen molar-refractivity contribution in [1.29, 1.82) is 0 Å². The summed E-state index contributed by atoms with van der Waals surface area (Å²) in [6.07, 6.45) is 0.279. The zero-order valence-electron chi connectivity index (χ0n) is 25.1. The molecule has 0 bridgehead atoms. The number of benzene rings is 3. The first-order chi connectivity index (χ1) is 19.3. The molecule has 0 aliphatic rings. The minimum atomic E-state index is -4.04. The van der Waals surface area contributed by atoms with Crippen molar-refractivity contribution < 1.29 is 18.0 Å². The van der Waals surface area contributed by atoms with Crippen LogP contribution in [-0.2, 0) is 32.8 Å². The van der Waals surface area contributed by atoms with E-state index in [9.17, 15) is 18.0 Å². The van der Waals surface area contributed by atoms with Crippen LogP contribution in [0.2, 0.25) is 0 Å². The molecule has 220 valence electrons. The Morgan fingerprint density at radius 3 is 2.02 bits per heavy atom. The Morgan fingerprint density at radius 1 is 0.829 bits per heavy atom. The SMILES string of the molecule is Cc1ccc(CN(C(=O)CN(c2cc(C)ccc2C)S(=O)(=O)N(C)C)[C@@H](Cc2ccccc2)C(=O)NC(C)C)cc1. The predicted octanol–water partition coefficient (Wildman–Crippen LogP) is 4.39.